The molecular weight excluding hydrogens is 317 g/mol. The van der Waals surface area contributed by atoms with Crippen LogP contribution in [0.2, 0.25) is 0 Å². The van der Waals surface area contributed by atoms with Gasteiger partial charge in [-0.25, -0.2) is 4.39 Å². The van der Waals surface area contributed by atoms with Crippen molar-refractivity contribution >= 4 is 5.91 Å². The van der Waals surface area contributed by atoms with Gasteiger partial charge in [-0.3, -0.25) is 4.79 Å². The number of amides is 1. The van der Waals surface area contributed by atoms with E-state index in [1.165, 1.54) is 12.1 Å². The molecule has 128 valence electrons. The highest BCUT2D eigenvalue weighted by Gasteiger charge is 2.17. The number of fused-ring (bicyclic) bond motifs is 1. The van der Waals surface area contributed by atoms with Gasteiger partial charge in [0.2, 0.25) is 0 Å². The second-order valence-electron chi connectivity index (χ2n) is 5.37. The molecule has 0 aliphatic carbocycles. The predicted octanol–water partition coefficient (Wildman–Crippen LogP) is 2.40. The van der Waals surface area contributed by atoms with Gasteiger partial charge in [0.05, 0.1) is 6.61 Å². The number of carbonyl (C=O) groups excluding carboxylic acids is 1. The second-order valence-corrected chi connectivity index (χ2v) is 5.37. The molecule has 1 aromatic carbocycles. The lowest BCUT2D eigenvalue weighted by Crippen LogP contribution is -2.25. The summed E-state index contributed by atoms with van der Waals surface area (Å²) in [6.07, 6.45) is 0.442. The number of methoxy groups -OCH3 is 1. The van der Waals surface area contributed by atoms with Crippen LogP contribution in [0.5, 0.6) is 5.75 Å². The first kappa shape index (κ1) is 16.5. The van der Waals surface area contributed by atoms with Crippen LogP contribution in [-0.2, 0) is 29.1 Å². The van der Waals surface area contributed by atoms with Gasteiger partial charge in [-0.05, 0) is 36.2 Å². The molecule has 0 spiro atoms. The zero-order valence-electron chi connectivity index (χ0n) is 13.3. The summed E-state index contributed by atoms with van der Waals surface area (Å²) in [6, 6.07) is 6.10. The Morgan fingerprint density at radius 1 is 1.38 bits per heavy atom. The zero-order valence-corrected chi connectivity index (χ0v) is 13.3. The number of halogens is 1. The van der Waals surface area contributed by atoms with Crippen molar-refractivity contribution in [2.45, 2.75) is 19.6 Å². The zero-order chi connectivity index (χ0) is 16.9. The van der Waals surface area contributed by atoms with Crippen LogP contribution in [0.3, 0.4) is 0 Å². The molecule has 0 saturated heterocycles. The minimum atomic E-state index is -0.348. The van der Waals surface area contributed by atoms with E-state index in [1.807, 2.05) is 0 Å². The fraction of sp³-hybridized carbons (Fsp3) is 0.353. The van der Waals surface area contributed by atoms with Gasteiger partial charge in [-0.15, -0.1) is 0 Å². The molecule has 0 atom stereocenters. The van der Waals surface area contributed by atoms with Crippen LogP contribution in [0.1, 0.15) is 27.4 Å². The molecule has 1 aliphatic rings. The third-order valence-electron chi connectivity index (χ3n) is 3.60. The van der Waals surface area contributed by atoms with Crippen LogP contribution >= 0.6 is 0 Å². The molecule has 1 N–H and O–H groups in total. The molecule has 1 aromatic heterocycles. The van der Waals surface area contributed by atoms with E-state index in [0.717, 1.165) is 0 Å². The van der Waals surface area contributed by atoms with Gasteiger partial charge in [0, 0.05) is 19.2 Å². The van der Waals surface area contributed by atoms with Crippen molar-refractivity contribution in [3.05, 3.63) is 52.7 Å². The monoisotopic (exact) mass is 335 g/mol. The van der Waals surface area contributed by atoms with Gasteiger partial charge in [0.15, 0.2) is 12.6 Å². The summed E-state index contributed by atoms with van der Waals surface area (Å²) < 4.78 is 34.6. The topological polar surface area (TPSA) is 69.9 Å². The van der Waals surface area contributed by atoms with Crippen molar-refractivity contribution < 1.29 is 27.8 Å². The minimum absolute atomic E-state index is 0.145. The average Bonchev–Trinajstić information content (AvgIpc) is 3.03. The summed E-state index contributed by atoms with van der Waals surface area (Å²) in [4.78, 5) is 12.0. The largest absolute Gasteiger partial charge is 0.467 e. The van der Waals surface area contributed by atoms with Gasteiger partial charge < -0.3 is 23.9 Å². The predicted molar refractivity (Wildman–Crippen MR) is 82.1 cm³/mol. The third-order valence-corrected chi connectivity index (χ3v) is 3.60. The number of ether oxygens (including phenoxy) is 3. The van der Waals surface area contributed by atoms with Crippen LogP contribution in [0.4, 0.5) is 4.39 Å². The van der Waals surface area contributed by atoms with E-state index >= 15 is 0 Å². The molecule has 0 radical (unpaired) electrons. The van der Waals surface area contributed by atoms with Gasteiger partial charge in [-0.1, -0.05) is 0 Å². The van der Waals surface area contributed by atoms with Crippen LogP contribution < -0.4 is 10.1 Å². The second kappa shape index (κ2) is 7.46. The highest BCUT2D eigenvalue weighted by molar-refractivity contribution is 5.91. The number of benzene rings is 1. The molecule has 7 heteroatoms. The molecule has 24 heavy (non-hydrogen) atoms. The van der Waals surface area contributed by atoms with Gasteiger partial charge in [0.25, 0.3) is 5.91 Å². The standard InChI is InChI=1S/C17H18FNO5/c1-21-9-14-2-3-15(24-14)17(20)19-5-4-11-6-13(18)7-12-8-22-10-23-16(11)12/h2-3,6-7H,4-5,8-10H2,1H3,(H,19,20). The Labute approximate surface area is 138 Å². The third kappa shape index (κ3) is 3.74. The summed E-state index contributed by atoms with van der Waals surface area (Å²) in [5.41, 5.74) is 1.38. The number of carbonyl (C=O) groups is 1. The molecule has 6 nitrogen and oxygen atoms in total. The fourth-order valence-corrected chi connectivity index (χ4v) is 2.56. The van der Waals surface area contributed by atoms with E-state index in [4.69, 9.17) is 18.6 Å². The van der Waals surface area contributed by atoms with E-state index in [9.17, 15) is 9.18 Å². The molecule has 2 aromatic rings. The van der Waals surface area contributed by atoms with E-state index in [-0.39, 0.29) is 24.3 Å². The maximum atomic E-state index is 13.7. The Kier molecular flexibility index (Phi) is 5.12. The SMILES string of the molecule is COCc1ccc(C(=O)NCCc2cc(F)cc3c2OCOC3)o1. The average molecular weight is 335 g/mol. The Hall–Kier alpha value is -2.38. The van der Waals surface area contributed by atoms with Crippen molar-refractivity contribution in [2.24, 2.45) is 0 Å². The van der Waals surface area contributed by atoms with Crippen LogP contribution in [-0.4, -0.2) is 26.4 Å². The van der Waals surface area contributed by atoms with Crippen LogP contribution in [0.15, 0.2) is 28.7 Å². The maximum Gasteiger partial charge on any atom is 0.287 e. The molecule has 0 unspecified atom stereocenters. The summed E-state index contributed by atoms with van der Waals surface area (Å²) in [5, 5.41) is 2.75. The number of hydrogen-bond acceptors (Lipinski definition) is 5. The molecule has 2 heterocycles. The van der Waals surface area contributed by atoms with Crippen molar-refractivity contribution in [2.75, 3.05) is 20.4 Å². The highest BCUT2D eigenvalue weighted by Crippen LogP contribution is 2.29. The van der Waals surface area contributed by atoms with E-state index in [0.29, 0.717) is 48.8 Å². The number of furan rings is 1. The lowest BCUT2D eigenvalue weighted by atomic mass is 10.1. The first-order valence-electron chi connectivity index (χ1n) is 7.55. The molecule has 0 fully saturated rings. The number of hydrogen-bond donors (Lipinski definition) is 1. The fourth-order valence-electron chi connectivity index (χ4n) is 2.56. The maximum absolute atomic E-state index is 13.7. The molecule has 1 aliphatic heterocycles. The van der Waals surface area contributed by atoms with Crippen LogP contribution in [0, 0.1) is 5.82 Å². The quantitative estimate of drug-likeness (QED) is 0.878. The van der Waals surface area contributed by atoms with Crippen molar-refractivity contribution in [1.29, 1.82) is 0 Å². The Balaban J connectivity index is 1.60. The molecular formula is C17H18FNO5. The van der Waals surface area contributed by atoms with E-state index < -0.39 is 0 Å². The Morgan fingerprint density at radius 2 is 2.25 bits per heavy atom. The van der Waals surface area contributed by atoms with E-state index in [1.54, 1.807) is 19.2 Å². The minimum Gasteiger partial charge on any atom is -0.467 e. The highest BCUT2D eigenvalue weighted by atomic mass is 19.1. The lowest BCUT2D eigenvalue weighted by molar-refractivity contribution is -0.0172. The van der Waals surface area contributed by atoms with Crippen molar-refractivity contribution in [1.82, 2.24) is 5.32 Å². The normalized spacial score (nSPS) is 13.2. The molecule has 1 amide bonds. The first-order valence-corrected chi connectivity index (χ1v) is 7.55. The Bertz CT molecular complexity index is 728. The van der Waals surface area contributed by atoms with Gasteiger partial charge in [0.1, 0.15) is 23.9 Å². The number of rotatable bonds is 6. The molecule has 3 rings (SSSR count). The van der Waals surface area contributed by atoms with Crippen LogP contribution in [0.25, 0.3) is 0 Å². The summed E-state index contributed by atoms with van der Waals surface area (Å²) >= 11 is 0. The van der Waals surface area contributed by atoms with E-state index in [2.05, 4.69) is 5.32 Å². The number of nitrogens with one attached hydrogen (secondary N) is 1. The van der Waals surface area contributed by atoms with Crippen molar-refractivity contribution in [3.8, 4) is 5.75 Å². The summed E-state index contributed by atoms with van der Waals surface area (Å²) in [7, 11) is 1.55. The lowest BCUT2D eigenvalue weighted by Gasteiger charge is -2.20. The van der Waals surface area contributed by atoms with Crippen molar-refractivity contribution in [3.63, 3.8) is 0 Å². The summed E-state index contributed by atoms with van der Waals surface area (Å²) in [5.74, 6) is 0.756. The first-order chi connectivity index (χ1) is 11.7. The van der Waals surface area contributed by atoms with Gasteiger partial charge in [-0.2, -0.15) is 0 Å². The smallest absolute Gasteiger partial charge is 0.287 e. The van der Waals surface area contributed by atoms with Gasteiger partial charge >= 0.3 is 0 Å². The molecule has 0 bridgehead atoms. The summed E-state index contributed by atoms with van der Waals surface area (Å²) in [6.45, 7) is 1.11. The molecule has 0 saturated carbocycles. The Morgan fingerprint density at radius 3 is 3.08 bits per heavy atom.